The van der Waals surface area contributed by atoms with Gasteiger partial charge in [0.15, 0.2) is 17.6 Å². The Balaban J connectivity index is 1.41. The third kappa shape index (κ3) is 5.61. The summed E-state index contributed by atoms with van der Waals surface area (Å²) < 4.78 is 15.7. The van der Waals surface area contributed by atoms with Crippen molar-refractivity contribution >= 4 is 18.0 Å². The van der Waals surface area contributed by atoms with Crippen LogP contribution in [0.3, 0.4) is 0 Å². The van der Waals surface area contributed by atoms with Crippen LogP contribution in [0.2, 0.25) is 0 Å². The van der Waals surface area contributed by atoms with Gasteiger partial charge in [0.2, 0.25) is 6.79 Å². The molecule has 1 amide bonds. The lowest BCUT2D eigenvalue weighted by Crippen LogP contribution is -2.36. The Labute approximate surface area is 159 Å². The number of carbonyl (C=O) groups excluding carboxylic acids is 2. The fraction of sp³-hybridized carbons (Fsp3) is 0.429. The molecule has 0 radical (unpaired) electrons. The zero-order valence-corrected chi connectivity index (χ0v) is 15.5. The molecule has 2 aliphatic rings. The summed E-state index contributed by atoms with van der Waals surface area (Å²) in [5, 5.41) is 2.83. The van der Waals surface area contributed by atoms with Gasteiger partial charge in [-0.2, -0.15) is 0 Å². The Morgan fingerprint density at radius 3 is 2.93 bits per heavy atom. The van der Waals surface area contributed by atoms with Crippen molar-refractivity contribution in [2.75, 3.05) is 13.3 Å². The molecule has 144 valence electrons. The first-order chi connectivity index (χ1) is 13.1. The molecule has 0 spiro atoms. The Hall–Kier alpha value is -2.76. The number of fused-ring (bicyclic) bond motifs is 1. The maximum atomic E-state index is 12.1. The highest BCUT2D eigenvalue weighted by atomic mass is 16.7. The van der Waals surface area contributed by atoms with Crippen LogP contribution in [0.5, 0.6) is 11.5 Å². The maximum absolute atomic E-state index is 12.1. The van der Waals surface area contributed by atoms with Gasteiger partial charge in [0.05, 0.1) is 0 Å². The van der Waals surface area contributed by atoms with Gasteiger partial charge in [-0.05, 0) is 62.8 Å². The summed E-state index contributed by atoms with van der Waals surface area (Å²) in [5.41, 5.74) is 2.19. The minimum absolute atomic E-state index is 0.203. The Morgan fingerprint density at radius 2 is 2.11 bits per heavy atom. The molecule has 0 saturated carbocycles. The van der Waals surface area contributed by atoms with Crippen LogP contribution in [0, 0.1) is 0 Å². The fourth-order valence-electron chi connectivity index (χ4n) is 3.07. The second kappa shape index (κ2) is 9.26. The quantitative estimate of drug-likeness (QED) is 0.452. The van der Waals surface area contributed by atoms with Gasteiger partial charge in [0.25, 0.3) is 5.91 Å². The molecule has 3 rings (SSSR count). The Kier molecular flexibility index (Phi) is 6.52. The largest absolute Gasteiger partial charge is 0.454 e. The number of carbonyl (C=O) groups is 2. The molecule has 1 aliphatic heterocycles. The third-order valence-corrected chi connectivity index (χ3v) is 4.60. The average Bonchev–Trinajstić information content (AvgIpc) is 3.15. The van der Waals surface area contributed by atoms with Crippen molar-refractivity contribution in [1.29, 1.82) is 0 Å². The first-order valence-electron chi connectivity index (χ1n) is 9.36. The van der Waals surface area contributed by atoms with Crippen LogP contribution in [-0.2, 0) is 14.3 Å². The first-order valence-corrected chi connectivity index (χ1v) is 9.36. The molecule has 6 heteroatoms. The molecule has 0 bridgehead atoms. The average molecular weight is 371 g/mol. The van der Waals surface area contributed by atoms with Crippen LogP contribution < -0.4 is 14.8 Å². The summed E-state index contributed by atoms with van der Waals surface area (Å²) in [4.78, 5) is 24.0. The molecular weight excluding hydrogens is 346 g/mol. The summed E-state index contributed by atoms with van der Waals surface area (Å²) >= 11 is 0. The van der Waals surface area contributed by atoms with E-state index in [1.54, 1.807) is 25.1 Å². The summed E-state index contributed by atoms with van der Waals surface area (Å²) in [6.07, 6.45) is 9.93. The normalized spacial score (nSPS) is 16.7. The standard InChI is InChI=1S/C21H25NO5/c1-15(21(24)22-12-11-16-5-3-2-4-6-16)27-20(23)10-8-17-7-9-18-19(13-17)26-14-25-18/h5,7-10,13,15H,2-4,6,11-12,14H2,1H3,(H,22,24)/b10-8+/t15-/m1/s1. The molecule has 1 heterocycles. The van der Waals surface area contributed by atoms with Crippen LogP contribution in [0.4, 0.5) is 0 Å². The SMILES string of the molecule is C[C@@H](OC(=O)/C=C/c1ccc2c(c1)OCO2)C(=O)NCCC1=CCCCC1. The van der Waals surface area contributed by atoms with Gasteiger partial charge in [0.1, 0.15) is 0 Å². The molecular formula is C21H25NO5. The molecule has 0 fully saturated rings. The van der Waals surface area contributed by atoms with Gasteiger partial charge in [-0.3, -0.25) is 4.79 Å². The van der Waals surface area contributed by atoms with E-state index in [0.29, 0.717) is 18.0 Å². The molecule has 0 aromatic heterocycles. The van der Waals surface area contributed by atoms with Gasteiger partial charge in [0, 0.05) is 12.6 Å². The van der Waals surface area contributed by atoms with Gasteiger partial charge in [-0.25, -0.2) is 4.79 Å². The molecule has 1 atom stereocenters. The van der Waals surface area contributed by atoms with E-state index in [4.69, 9.17) is 14.2 Å². The van der Waals surface area contributed by atoms with Crippen LogP contribution in [0.25, 0.3) is 6.08 Å². The highest BCUT2D eigenvalue weighted by molar-refractivity contribution is 5.90. The van der Waals surface area contributed by atoms with Crippen molar-refractivity contribution in [3.63, 3.8) is 0 Å². The predicted molar refractivity (Wildman–Crippen MR) is 101 cm³/mol. The monoisotopic (exact) mass is 371 g/mol. The summed E-state index contributed by atoms with van der Waals surface area (Å²) in [7, 11) is 0. The van der Waals surface area contributed by atoms with E-state index in [9.17, 15) is 9.59 Å². The molecule has 1 N–H and O–H groups in total. The number of allylic oxidation sites excluding steroid dienone is 1. The van der Waals surface area contributed by atoms with Crippen LogP contribution >= 0.6 is 0 Å². The lowest BCUT2D eigenvalue weighted by Gasteiger charge is -2.15. The van der Waals surface area contributed by atoms with Gasteiger partial charge in [-0.1, -0.05) is 17.7 Å². The molecule has 27 heavy (non-hydrogen) atoms. The number of rotatable bonds is 7. The van der Waals surface area contributed by atoms with E-state index in [-0.39, 0.29) is 12.7 Å². The van der Waals surface area contributed by atoms with Crippen LogP contribution in [0.15, 0.2) is 35.9 Å². The van der Waals surface area contributed by atoms with Crippen molar-refractivity contribution in [2.24, 2.45) is 0 Å². The number of nitrogens with one attached hydrogen (secondary N) is 1. The van der Waals surface area contributed by atoms with E-state index < -0.39 is 12.1 Å². The molecule has 1 aromatic carbocycles. The van der Waals surface area contributed by atoms with Crippen molar-refractivity contribution in [1.82, 2.24) is 5.32 Å². The summed E-state index contributed by atoms with van der Waals surface area (Å²) in [6.45, 7) is 2.34. The molecule has 1 aliphatic carbocycles. The number of hydrogen-bond donors (Lipinski definition) is 1. The van der Waals surface area contributed by atoms with E-state index in [1.807, 2.05) is 6.07 Å². The maximum Gasteiger partial charge on any atom is 0.331 e. The minimum Gasteiger partial charge on any atom is -0.454 e. The highest BCUT2D eigenvalue weighted by Crippen LogP contribution is 2.32. The number of ether oxygens (including phenoxy) is 3. The second-order valence-corrected chi connectivity index (χ2v) is 6.67. The second-order valence-electron chi connectivity index (χ2n) is 6.67. The van der Waals surface area contributed by atoms with E-state index in [2.05, 4.69) is 11.4 Å². The summed E-state index contributed by atoms with van der Waals surface area (Å²) in [5.74, 6) is 0.483. The molecule has 1 aromatic rings. The van der Waals surface area contributed by atoms with Crippen LogP contribution in [-0.4, -0.2) is 31.3 Å². The van der Waals surface area contributed by atoms with Crippen molar-refractivity contribution < 1.29 is 23.8 Å². The van der Waals surface area contributed by atoms with E-state index >= 15 is 0 Å². The molecule has 0 unspecified atom stereocenters. The molecule has 0 saturated heterocycles. The van der Waals surface area contributed by atoms with Gasteiger partial charge in [-0.15, -0.1) is 0 Å². The first kappa shape index (κ1) is 19.0. The van der Waals surface area contributed by atoms with Crippen LogP contribution in [0.1, 0.15) is 44.6 Å². The summed E-state index contributed by atoms with van der Waals surface area (Å²) in [6, 6.07) is 5.38. The highest BCUT2D eigenvalue weighted by Gasteiger charge is 2.16. The van der Waals surface area contributed by atoms with Gasteiger partial charge >= 0.3 is 5.97 Å². The zero-order valence-electron chi connectivity index (χ0n) is 15.5. The minimum atomic E-state index is -0.834. The van der Waals surface area contributed by atoms with Gasteiger partial charge < -0.3 is 19.5 Å². The van der Waals surface area contributed by atoms with E-state index in [0.717, 1.165) is 24.8 Å². The van der Waals surface area contributed by atoms with Crippen molar-refractivity contribution in [3.8, 4) is 11.5 Å². The Morgan fingerprint density at radius 1 is 1.26 bits per heavy atom. The number of hydrogen-bond acceptors (Lipinski definition) is 5. The molecule has 6 nitrogen and oxygen atoms in total. The fourth-order valence-corrected chi connectivity index (χ4v) is 3.07. The topological polar surface area (TPSA) is 73.9 Å². The van der Waals surface area contributed by atoms with Crippen molar-refractivity contribution in [3.05, 3.63) is 41.5 Å². The van der Waals surface area contributed by atoms with Crippen molar-refractivity contribution in [2.45, 2.75) is 45.1 Å². The number of benzene rings is 1. The number of esters is 1. The van der Waals surface area contributed by atoms with E-state index in [1.165, 1.54) is 24.5 Å². The number of amides is 1. The zero-order chi connectivity index (χ0) is 19.1. The lowest BCUT2D eigenvalue weighted by atomic mass is 9.97. The Bertz CT molecular complexity index is 753. The third-order valence-electron chi connectivity index (χ3n) is 4.60. The predicted octanol–water partition coefficient (Wildman–Crippen LogP) is 3.37. The lowest BCUT2D eigenvalue weighted by molar-refractivity contribution is -0.150. The smallest absolute Gasteiger partial charge is 0.331 e.